The number of hydrogen-bond donors (Lipinski definition) is 4. The number of nitrogen functional groups attached to an aromatic ring is 2. The van der Waals surface area contributed by atoms with Crippen molar-refractivity contribution < 1.29 is 27.0 Å². The maximum absolute atomic E-state index is 14.5. The fourth-order valence-electron chi connectivity index (χ4n) is 6.16. The van der Waals surface area contributed by atoms with Crippen molar-refractivity contribution in [1.29, 1.82) is 0 Å². The lowest BCUT2D eigenvalue weighted by Gasteiger charge is -2.12. The van der Waals surface area contributed by atoms with E-state index >= 15 is 0 Å². The van der Waals surface area contributed by atoms with E-state index in [9.17, 15) is 17.6 Å². The molecule has 0 bridgehead atoms. The molecule has 1 aliphatic heterocycles. The summed E-state index contributed by atoms with van der Waals surface area (Å²) in [7, 11) is 0. The van der Waals surface area contributed by atoms with Gasteiger partial charge in [-0.2, -0.15) is 24.3 Å². The molecule has 1 aliphatic rings. The standard InChI is InChI=1S/C20H19FN6.C19H13F3N6O2/c1-3-16-24-14-6-4-5-7-15(14)27(16)20-25-18(22)17(21)19(26-20)23-13-10-8-12(2)9-11-13;1-9-24-12-4-2-10(20)6-13(12)28(9)18-26-16(23)8-17(27-18)25-11-3-5-14-15(7-11)30-19(21,22)29-14/h4-11H,3H2,1-2H3,(H3,22,23,25,26);2-8H,1H3,(H3,23,25,26,27). The van der Waals surface area contributed by atoms with Crippen LogP contribution in [0.4, 0.5) is 52.2 Å². The maximum Gasteiger partial charge on any atom is 0.586 e. The Bertz CT molecular complexity index is 2810. The number of fused-ring (bicyclic) bond motifs is 3. The van der Waals surface area contributed by atoms with Crippen LogP contribution in [0.1, 0.15) is 24.1 Å². The number of benzene rings is 4. The van der Waals surface area contributed by atoms with Crippen LogP contribution in [-0.2, 0) is 6.42 Å². The molecule has 4 aromatic heterocycles. The number of hydrogen-bond acceptors (Lipinski definition) is 12. The van der Waals surface area contributed by atoms with Crippen LogP contribution in [0.25, 0.3) is 34.0 Å². The van der Waals surface area contributed by atoms with Crippen molar-refractivity contribution in [2.24, 2.45) is 0 Å². The van der Waals surface area contributed by atoms with Crippen LogP contribution in [0, 0.1) is 25.5 Å². The van der Waals surface area contributed by atoms with Crippen molar-refractivity contribution in [3.63, 3.8) is 0 Å². The Hall–Kier alpha value is -7.50. The minimum absolute atomic E-state index is 0.0289. The molecule has 5 heterocycles. The zero-order valence-corrected chi connectivity index (χ0v) is 30.4. The third-order valence-electron chi connectivity index (χ3n) is 8.72. The highest BCUT2D eigenvalue weighted by atomic mass is 19.3. The van der Waals surface area contributed by atoms with E-state index in [1.54, 1.807) is 17.6 Å². The quantitative estimate of drug-likeness (QED) is 0.115. The fourth-order valence-corrected chi connectivity index (χ4v) is 6.16. The van der Waals surface area contributed by atoms with Gasteiger partial charge >= 0.3 is 6.29 Å². The van der Waals surface area contributed by atoms with Crippen LogP contribution in [0.3, 0.4) is 0 Å². The lowest BCUT2D eigenvalue weighted by Crippen LogP contribution is -2.25. The van der Waals surface area contributed by atoms with Crippen molar-refractivity contribution in [2.75, 3.05) is 22.1 Å². The number of imidazole rings is 2. The minimum atomic E-state index is -3.71. The highest BCUT2D eigenvalue weighted by Gasteiger charge is 2.43. The highest BCUT2D eigenvalue weighted by molar-refractivity contribution is 5.79. The molecule has 0 radical (unpaired) electrons. The first-order valence-electron chi connectivity index (χ1n) is 17.4. The van der Waals surface area contributed by atoms with Crippen molar-refractivity contribution in [1.82, 2.24) is 39.0 Å². The molecule has 4 aromatic carbocycles. The first-order valence-corrected chi connectivity index (χ1v) is 17.4. The first-order chi connectivity index (χ1) is 27.3. The second-order valence-electron chi connectivity index (χ2n) is 12.8. The zero-order chi connectivity index (χ0) is 40.0. The van der Waals surface area contributed by atoms with E-state index in [1.807, 2.05) is 66.9 Å². The largest absolute Gasteiger partial charge is 0.586 e. The van der Waals surface area contributed by atoms with Gasteiger partial charge in [-0.15, -0.1) is 8.78 Å². The van der Waals surface area contributed by atoms with Gasteiger partial charge in [0.2, 0.25) is 17.7 Å². The fraction of sp³-hybridized carbons (Fsp3) is 0.128. The third-order valence-corrected chi connectivity index (χ3v) is 8.72. The van der Waals surface area contributed by atoms with Crippen molar-refractivity contribution in [2.45, 2.75) is 33.5 Å². The van der Waals surface area contributed by atoms with Crippen LogP contribution in [0.2, 0.25) is 0 Å². The van der Waals surface area contributed by atoms with Gasteiger partial charge in [0.05, 0.1) is 22.1 Å². The summed E-state index contributed by atoms with van der Waals surface area (Å²) in [5, 5.41) is 5.95. The number of halogens is 4. The van der Waals surface area contributed by atoms with Gasteiger partial charge in [-0.25, -0.2) is 14.4 Å². The average molecular weight is 777 g/mol. The molecule has 0 spiro atoms. The Morgan fingerprint density at radius 3 is 2.19 bits per heavy atom. The Kier molecular flexibility index (Phi) is 9.15. The molecular formula is C39H32F4N12O2. The van der Waals surface area contributed by atoms with Crippen molar-refractivity contribution in [3.8, 4) is 23.4 Å². The Labute approximate surface area is 321 Å². The molecule has 18 heteroatoms. The lowest BCUT2D eigenvalue weighted by atomic mass is 10.2. The normalized spacial score (nSPS) is 12.8. The van der Waals surface area contributed by atoms with Gasteiger partial charge in [0, 0.05) is 36.0 Å². The van der Waals surface area contributed by atoms with Crippen molar-refractivity contribution in [3.05, 3.63) is 120 Å². The van der Waals surface area contributed by atoms with Gasteiger partial charge in [0.15, 0.2) is 23.1 Å². The van der Waals surface area contributed by atoms with Gasteiger partial charge in [-0.3, -0.25) is 9.13 Å². The second-order valence-corrected chi connectivity index (χ2v) is 12.8. The molecule has 14 nitrogen and oxygen atoms in total. The smallest absolute Gasteiger partial charge is 0.395 e. The van der Waals surface area contributed by atoms with Crippen LogP contribution in [-0.4, -0.2) is 45.3 Å². The summed E-state index contributed by atoms with van der Waals surface area (Å²) in [5.41, 5.74) is 16.7. The second kappa shape index (κ2) is 14.3. The molecular weight excluding hydrogens is 745 g/mol. The highest BCUT2D eigenvalue weighted by Crippen LogP contribution is 2.42. The van der Waals surface area contributed by atoms with E-state index in [-0.39, 0.29) is 40.8 Å². The maximum atomic E-state index is 14.5. The van der Waals surface area contributed by atoms with E-state index in [1.165, 1.54) is 36.4 Å². The SMILES string of the molecule is CCc1nc2ccccc2n1-c1nc(N)c(F)c(Nc2ccc(C)cc2)n1.Cc1nc2ccc(F)cc2n1-c1nc(N)cc(Nc2ccc3c(c2)OC(F)(F)O3)n1. The van der Waals surface area contributed by atoms with Gasteiger partial charge in [0.25, 0.3) is 0 Å². The minimum Gasteiger partial charge on any atom is -0.395 e. The first kappa shape index (κ1) is 36.5. The van der Waals surface area contributed by atoms with E-state index in [0.717, 1.165) is 28.1 Å². The molecule has 0 fully saturated rings. The summed E-state index contributed by atoms with van der Waals surface area (Å²) in [6.45, 7) is 5.72. The van der Waals surface area contributed by atoms with E-state index in [4.69, 9.17) is 11.5 Å². The Morgan fingerprint density at radius 1 is 0.684 bits per heavy atom. The molecule has 0 atom stereocenters. The van der Waals surface area contributed by atoms with Crippen LogP contribution in [0.15, 0.2) is 91.0 Å². The zero-order valence-electron chi connectivity index (χ0n) is 30.4. The molecule has 9 rings (SSSR count). The van der Waals surface area contributed by atoms with Crippen LogP contribution >= 0.6 is 0 Å². The lowest BCUT2D eigenvalue weighted by molar-refractivity contribution is -0.286. The number of anilines is 6. The van der Waals surface area contributed by atoms with Crippen LogP contribution < -0.4 is 31.6 Å². The van der Waals surface area contributed by atoms with Gasteiger partial charge < -0.3 is 31.6 Å². The molecule has 0 aliphatic carbocycles. The number of nitrogens with zero attached hydrogens (tertiary/aromatic N) is 8. The Balaban J connectivity index is 0.000000161. The summed E-state index contributed by atoms with van der Waals surface area (Å²) < 4.78 is 66.9. The molecule has 288 valence electrons. The monoisotopic (exact) mass is 776 g/mol. The molecule has 0 amide bonds. The molecule has 0 saturated heterocycles. The predicted octanol–water partition coefficient (Wildman–Crippen LogP) is 8.06. The molecule has 8 aromatic rings. The molecule has 6 N–H and O–H groups in total. The summed E-state index contributed by atoms with van der Waals surface area (Å²) in [6.07, 6.45) is -3.03. The van der Waals surface area contributed by atoms with E-state index in [0.29, 0.717) is 34.8 Å². The number of alkyl halides is 2. The topological polar surface area (TPSA) is 182 Å². The number of rotatable bonds is 7. The van der Waals surface area contributed by atoms with Gasteiger partial charge in [0.1, 0.15) is 29.1 Å². The predicted molar refractivity (Wildman–Crippen MR) is 207 cm³/mol. The molecule has 57 heavy (non-hydrogen) atoms. The third kappa shape index (κ3) is 7.34. The number of ether oxygens (including phenoxy) is 2. The molecule has 0 unspecified atom stereocenters. The summed E-state index contributed by atoms with van der Waals surface area (Å²) >= 11 is 0. The van der Waals surface area contributed by atoms with E-state index < -0.39 is 17.9 Å². The summed E-state index contributed by atoms with van der Waals surface area (Å²) in [4.78, 5) is 26.2. The number of aromatic nitrogens is 8. The molecule has 0 saturated carbocycles. The van der Waals surface area contributed by atoms with Gasteiger partial charge in [-0.05, 0) is 62.4 Å². The number of nitrogens with one attached hydrogen (secondary N) is 2. The average Bonchev–Trinajstić information content (AvgIpc) is 3.82. The van der Waals surface area contributed by atoms with Crippen molar-refractivity contribution >= 4 is 56.7 Å². The number of aryl methyl sites for hydroxylation is 3. The van der Waals surface area contributed by atoms with E-state index in [2.05, 4.69) is 50.0 Å². The number of para-hydroxylation sites is 2. The van der Waals surface area contributed by atoms with Gasteiger partial charge in [-0.1, -0.05) is 36.8 Å². The number of nitrogens with two attached hydrogens (primary N) is 2. The van der Waals surface area contributed by atoms with Crippen LogP contribution in [0.5, 0.6) is 11.5 Å². The summed E-state index contributed by atoms with van der Waals surface area (Å²) in [6, 6.07) is 25.2. The summed E-state index contributed by atoms with van der Waals surface area (Å²) in [5.74, 6) is 0.745. The Morgan fingerprint density at radius 2 is 1.40 bits per heavy atom.